The van der Waals surface area contributed by atoms with Crippen LogP contribution in [0.5, 0.6) is 0 Å². The zero-order valence-corrected chi connectivity index (χ0v) is 11.1. The SMILES string of the molecule is CC(Cc1cccc(F)c1)Nc1ccccc1C(=O)O. The van der Waals surface area contributed by atoms with Crippen molar-refractivity contribution in [1.82, 2.24) is 0 Å². The molecule has 0 bridgehead atoms. The van der Waals surface area contributed by atoms with E-state index in [-0.39, 0.29) is 17.4 Å². The van der Waals surface area contributed by atoms with E-state index in [0.29, 0.717) is 12.1 Å². The number of carboxylic acid groups (broad SMARTS) is 1. The van der Waals surface area contributed by atoms with Crippen LogP contribution in [-0.2, 0) is 6.42 Å². The van der Waals surface area contributed by atoms with Gasteiger partial charge in [-0.3, -0.25) is 0 Å². The van der Waals surface area contributed by atoms with Crippen LogP contribution in [0, 0.1) is 5.82 Å². The van der Waals surface area contributed by atoms with E-state index in [9.17, 15) is 9.18 Å². The second-order valence-electron chi connectivity index (χ2n) is 4.73. The van der Waals surface area contributed by atoms with Crippen molar-refractivity contribution in [1.29, 1.82) is 0 Å². The number of aromatic carboxylic acids is 1. The summed E-state index contributed by atoms with van der Waals surface area (Å²) in [5.41, 5.74) is 1.68. The van der Waals surface area contributed by atoms with Crippen LogP contribution in [0.4, 0.5) is 10.1 Å². The fourth-order valence-electron chi connectivity index (χ4n) is 2.13. The number of hydrogen-bond acceptors (Lipinski definition) is 2. The molecule has 1 unspecified atom stereocenters. The fraction of sp³-hybridized carbons (Fsp3) is 0.188. The van der Waals surface area contributed by atoms with Crippen LogP contribution in [0.15, 0.2) is 48.5 Å². The number of rotatable bonds is 5. The minimum Gasteiger partial charge on any atom is -0.478 e. The van der Waals surface area contributed by atoms with Gasteiger partial charge in [-0.05, 0) is 43.2 Å². The van der Waals surface area contributed by atoms with E-state index in [1.165, 1.54) is 12.1 Å². The van der Waals surface area contributed by atoms with Crippen molar-refractivity contribution in [2.24, 2.45) is 0 Å². The topological polar surface area (TPSA) is 49.3 Å². The van der Waals surface area contributed by atoms with Gasteiger partial charge in [0.05, 0.1) is 5.56 Å². The smallest absolute Gasteiger partial charge is 0.337 e. The molecule has 0 aromatic heterocycles. The molecule has 1 atom stereocenters. The van der Waals surface area contributed by atoms with Crippen molar-refractivity contribution in [2.75, 3.05) is 5.32 Å². The van der Waals surface area contributed by atoms with Crippen molar-refractivity contribution in [3.8, 4) is 0 Å². The molecule has 104 valence electrons. The molecule has 0 radical (unpaired) electrons. The zero-order valence-electron chi connectivity index (χ0n) is 11.1. The minimum absolute atomic E-state index is 0.00250. The van der Waals surface area contributed by atoms with Gasteiger partial charge in [-0.1, -0.05) is 24.3 Å². The summed E-state index contributed by atoms with van der Waals surface area (Å²) in [5.74, 6) is -1.23. The summed E-state index contributed by atoms with van der Waals surface area (Å²) in [6.45, 7) is 1.93. The highest BCUT2D eigenvalue weighted by Gasteiger charge is 2.11. The second kappa shape index (κ2) is 6.19. The molecule has 0 fully saturated rings. The van der Waals surface area contributed by atoms with Crippen LogP contribution < -0.4 is 5.32 Å². The molecule has 2 aromatic rings. The summed E-state index contributed by atoms with van der Waals surface area (Å²) in [7, 11) is 0. The highest BCUT2D eigenvalue weighted by atomic mass is 19.1. The van der Waals surface area contributed by atoms with Crippen LogP contribution in [0.1, 0.15) is 22.8 Å². The molecule has 0 saturated carbocycles. The number of carbonyl (C=O) groups is 1. The molecule has 2 N–H and O–H groups in total. The lowest BCUT2D eigenvalue weighted by Crippen LogP contribution is -2.19. The third kappa shape index (κ3) is 3.57. The highest BCUT2D eigenvalue weighted by molar-refractivity contribution is 5.94. The van der Waals surface area contributed by atoms with Gasteiger partial charge in [-0.25, -0.2) is 9.18 Å². The molecular weight excluding hydrogens is 257 g/mol. The third-order valence-electron chi connectivity index (χ3n) is 2.99. The van der Waals surface area contributed by atoms with Crippen LogP contribution in [0.2, 0.25) is 0 Å². The Balaban J connectivity index is 2.08. The summed E-state index contributed by atoms with van der Waals surface area (Å²) in [6.07, 6.45) is 0.617. The first-order valence-corrected chi connectivity index (χ1v) is 6.39. The first kappa shape index (κ1) is 14.1. The Kier molecular flexibility index (Phi) is 4.35. The number of para-hydroxylation sites is 1. The van der Waals surface area contributed by atoms with Crippen molar-refractivity contribution >= 4 is 11.7 Å². The molecule has 0 saturated heterocycles. The Hall–Kier alpha value is -2.36. The van der Waals surface area contributed by atoms with E-state index in [1.807, 2.05) is 13.0 Å². The predicted octanol–water partition coefficient (Wildman–Crippen LogP) is 3.57. The Morgan fingerprint density at radius 3 is 2.70 bits per heavy atom. The predicted molar refractivity (Wildman–Crippen MR) is 76.6 cm³/mol. The number of carboxylic acids is 1. The molecule has 0 aliphatic rings. The van der Waals surface area contributed by atoms with Gasteiger partial charge in [0, 0.05) is 11.7 Å². The van der Waals surface area contributed by atoms with Crippen molar-refractivity contribution in [3.05, 3.63) is 65.5 Å². The highest BCUT2D eigenvalue weighted by Crippen LogP contribution is 2.17. The molecule has 0 aliphatic carbocycles. The fourth-order valence-corrected chi connectivity index (χ4v) is 2.13. The first-order valence-electron chi connectivity index (χ1n) is 6.39. The zero-order chi connectivity index (χ0) is 14.5. The lowest BCUT2D eigenvalue weighted by atomic mass is 10.1. The van der Waals surface area contributed by atoms with E-state index < -0.39 is 5.97 Å². The molecule has 2 rings (SSSR count). The Morgan fingerprint density at radius 2 is 2.00 bits per heavy atom. The van der Waals surface area contributed by atoms with E-state index >= 15 is 0 Å². The van der Waals surface area contributed by atoms with Crippen molar-refractivity contribution in [2.45, 2.75) is 19.4 Å². The number of nitrogens with one attached hydrogen (secondary N) is 1. The molecule has 4 heteroatoms. The number of hydrogen-bond donors (Lipinski definition) is 2. The summed E-state index contributed by atoms with van der Waals surface area (Å²) < 4.78 is 13.1. The van der Waals surface area contributed by atoms with Crippen LogP contribution in [0.3, 0.4) is 0 Å². The molecular formula is C16H16FNO2. The van der Waals surface area contributed by atoms with Gasteiger partial charge in [0.15, 0.2) is 0 Å². The quantitative estimate of drug-likeness (QED) is 0.875. The Morgan fingerprint density at radius 1 is 1.25 bits per heavy atom. The number of halogens is 1. The molecule has 0 amide bonds. The van der Waals surface area contributed by atoms with Gasteiger partial charge < -0.3 is 10.4 Å². The van der Waals surface area contributed by atoms with E-state index in [2.05, 4.69) is 5.32 Å². The largest absolute Gasteiger partial charge is 0.478 e. The molecule has 20 heavy (non-hydrogen) atoms. The van der Waals surface area contributed by atoms with Crippen molar-refractivity contribution in [3.63, 3.8) is 0 Å². The third-order valence-corrected chi connectivity index (χ3v) is 2.99. The van der Waals surface area contributed by atoms with E-state index in [1.54, 1.807) is 30.3 Å². The summed E-state index contributed by atoms with van der Waals surface area (Å²) in [5, 5.41) is 12.3. The van der Waals surface area contributed by atoms with Gasteiger partial charge >= 0.3 is 5.97 Å². The van der Waals surface area contributed by atoms with Gasteiger partial charge in [0.2, 0.25) is 0 Å². The lowest BCUT2D eigenvalue weighted by molar-refractivity contribution is 0.0698. The van der Waals surface area contributed by atoms with Crippen LogP contribution >= 0.6 is 0 Å². The summed E-state index contributed by atoms with van der Waals surface area (Å²) >= 11 is 0. The molecule has 2 aromatic carbocycles. The average Bonchev–Trinajstić information content (AvgIpc) is 2.38. The molecule has 3 nitrogen and oxygen atoms in total. The Bertz CT molecular complexity index is 613. The number of benzene rings is 2. The van der Waals surface area contributed by atoms with E-state index in [4.69, 9.17) is 5.11 Å². The van der Waals surface area contributed by atoms with Gasteiger partial charge in [-0.2, -0.15) is 0 Å². The summed E-state index contributed by atoms with van der Waals surface area (Å²) in [4.78, 5) is 11.1. The normalized spacial score (nSPS) is 11.9. The monoisotopic (exact) mass is 273 g/mol. The Labute approximate surface area is 117 Å². The maximum Gasteiger partial charge on any atom is 0.337 e. The van der Waals surface area contributed by atoms with Gasteiger partial charge in [0.1, 0.15) is 5.82 Å². The standard InChI is InChI=1S/C16H16FNO2/c1-11(9-12-5-4-6-13(17)10-12)18-15-8-3-2-7-14(15)16(19)20/h2-8,10-11,18H,9H2,1H3,(H,19,20). The van der Waals surface area contributed by atoms with E-state index in [0.717, 1.165) is 5.56 Å². The maximum atomic E-state index is 13.1. The van der Waals surface area contributed by atoms with Crippen LogP contribution in [0.25, 0.3) is 0 Å². The van der Waals surface area contributed by atoms with Gasteiger partial charge in [-0.15, -0.1) is 0 Å². The minimum atomic E-state index is -0.967. The molecule has 0 spiro atoms. The summed E-state index contributed by atoms with van der Waals surface area (Å²) in [6, 6.07) is 13.2. The van der Waals surface area contributed by atoms with Gasteiger partial charge in [0.25, 0.3) is 0 Å². The second-order valence-corrected chi connectivity index (χ2v) is 4.73. The average molecular weight is 273 g/mol. The number of anilines is 1. The van der Waals surface area contributed by atoms with Crippen LogP contribution in [-0.4, -0.2) is 17.1 Å². The molecule has 0 heterocycles. The maximum absolute atomic E-state index is 13.1. The first-order chi connectivity index (χ1) is 9.56. The van der Waals surface area contributed by atoms with Crippen molar-refractivity contribution < 1.29 is 14.3 Å². The molecule has 0 aliphatic heterocycles. The lowest BCUT2D eigenvalue weighted by Gasteiger charge is -2.17.